The maximum absolute atomic E-state index is 12.1. The van der Waals surface area contributed by atoms with E-state index in [0.717, 1.165) is 38.4 Å². The van der Waals surface area contributed by atoms with Gasteiger partial charge in [-0.1, -0.05) is 13.8 Å². The van der Waals surface area contributed by atoms with Crippen LogP contribution in [0.25, 0.3) is 0 Å². The fraction of sp³-hybridized carbons (Fsp3) is 0.889. The zero-order valence-corrected chi connectivity index (χ0v) is 15.4. The second-order valence-electron chi connectivity index (χ2n) is 7.77. The molecule has 136 valence electrons. The first-order chi connectivity index (χ1) is 11.5. The minimum atomic E-state index is -0.0779. The highest BCUT2D eigenvalue weighted by Crippen LogP contribution is 2.52. The van der Waals surface area contributed by atoms with Gasteiger partial charge in [0.1, 0.15) is 0 Å². The van der Waals surface area contributed by atoms with Gasteiger partial charge in [-0.2, -0.15) is 0 Å². The van der Waals surface area contributed by atoms with Crippen LogP contribution in [-0.2, 0) is 14.3 Å². The van der Waals surface area contributed by atoms with E-state index >= 15 is 0 Å². The lowest BCUT2D eigenvalue weighted by Gasteiger charge is -2.55. The quantitative estimate of drug-likeness (QED) is 0.482. The summed E-state index contributed by atoms with van der Waals surface area (Å²) in [6, 6.07) is 0.381. The van der Waals surface area contributed by atoms with Crippen molar-refractivity contribution < 1.29 is 14.3 Å². The van der Waals surface area contributed by atoms with Crippen molar-refractivity contribution in [3.05, 3.63) is 0 Å². The van der Waals surface area contributed by atoms with Gasteiger partial charge in [0.2, 0.25) is 0 Å². The minimum Gasteiger partial charge on any atom is -0.466 e. The van der Waals surface area contributed by atoms with Gasteiger partial charge < -0.3 is 19.7 Å². The van der Waals surface area contributed by atoms with E-state index in [4.69, 9.17) is 9.47 Å². The van der Waals surface area contributed by atoms with Crippen LogP contribution in [0.1, 0.15) is 40.0 Å². The molecule has 0 aromatic rings. The standard InChI is InChI=1S/C18H31N3O3/c1-5-23-16(22)12-7-6-9-21(11-12)17(19-4)20-14-13-8-10-24-15(13)18(14,2)3/h12-15H,5-11H2,1-4H3,(H,19,20). The number of aliphatic imine (C=N–C) groups is 1. The van der Waals surface area contributed by atoms with E-state index in [9.17, 15) is 4.79 Å². The summed E-state index contributed by atoms with van der Waals surface area (Å²) in [6.45, 7) is 9.33. The Hall–Kier alpha value is -1.30. The number of likely N-dealkylation sites (tertiary alicyclic amines) is 1. The Morgan fingerprint density at radius 2 is 2.21 bits per heavy atom. The van der Waals surface area contributed by atoms with Gasteiger partial charge in [0.05, 0.1) is 18.6 Å². The molecule has 2 aliphatic heterocycles. The van der Waals surface area contributed by atoms with Gasteiger partial charge in [0, 0.05) is 44.1 Å². The minimum absolute atomic E-state index is 0.0470. The Labute approximate surface area is 145 Å². The molecule has 2 saturated heterocycles. The topological polar surface area (TPSA) is 63.2 Å². The number of esters is 1. The highest BCUT2D eigenvalue weighted by atomic mass is 16.5. The number of hydrogen-bond acceptors (Lipinski definition) is 4. The lowest BCUT2D eigenvalue weighted by atomic mass is 9.57. The molecule has 4 unspecified atom stereocenters. The molecule has 0 spiro atoms. The van der Waals surface area contributed by atoms with E-state index in [-0.39, 0.29) is 17.3 Å². The number of fused-ring (bicyclic) bond motifs is 1. The predicted octanol–water partition coefficient (Wildman–Crippen LogP) is 1.65. The van der Waals surface area contributed by atoms with E-state index in [1.165, 1.54) is 0 Å². The van der Waals surface area contributed by atoms with Crippen molar-refractivity contribution in [2.45, 2.75) is 52.2 Å². The van der Waals surface area contributed by atoms with Crippen molar-refractivity contribution in [2.24, 2.45) is 22.2 Å². The van der Waals surface area contributed by atoms with E-state index in [1.807, 2.05) is 14.0 Å². The van der Waals surface area contributed by atoms with Crippen LogP contribution < -0.4 is 5.32 Å². The lowest BCUT2D eigenvalue weighted by Crippen LogP contribution is -2.68. The molecule has 1 saturated carbocycles. The Morgan fingerprint density at radius 1 is 1.42 bits per heavy atom. The summed E-state index contributed by atoms with van der Waals surface area (Å²) in [4.78, 5) is 18.8. The maximum atomic E-state index is 12.1. The van der Waals surface area contributed by atoms with Gasteiger partial charge in [0.15, 0.2) is 5.96 Å². The van der Waals surface area contributed by atoms with Crippen molar-refractivity contribution in [1.82, 2.24) is 10.2 Å². The van der Waals surface area contributed by atoms with Crippen LogP contribution in [0.3, 0.4) is 0 Å². The number of guanidine groups is 1. The molecule has 0 aromatic heterocycles. The summed E-state index contributed by atoms with van der Waals surface area (Å²) >= 11 is 0. The molecule has 24 heavy (non-hydrogen) atoms. The highest BCUT2D eigenvalue weighted by Gasteiger charge is 2.59. The zero-order valence-electron chi connectivity index (χ0n) is 15.4. The second-order valence-corrected chi connectivity index (χ2v) is 7.77. The van der Waals surface area contributed by atoms with E-state index in [1.54, 1.807) is 0 Å². The fourth-order valence-electron chi connectivity index (χ4n) is 4.68. The summed E-state index contributed by atoms with van der Waals surface area (Å²) in [7, 11) is 1.82. The lowest BCUT2D eigenvalue weighted by molar-refractivity contribution is -0.149. The number of nitrogens with zero attached hydrogens (tertiary/aromatic N) is 2. The number of nitrogens with one attached hydrogen (secondary N) is 1. The number of ether oxygens (including phenoxy) is 2. The number of piperidine rings is 1. The average molecular weight is 337 g/mol. The van der Waals surface area contributed by atoms with Crippen molar-refractivity contribution in [1.29, 1.82) is 0 Å². The predicted molar refractivity (Wildman–Crippen MR) is 92.8 cm³/mol. The third kappa shape index (κ3) is 3.01. The monoisotopic (exact) mass is 337 g/mol. The third-order valence-corrected chi connectivity index (χ3v) is 5.94. The fourth-order valence-corrected chi connectivity index (χ4v) is 4.68. The molecule has 0 bridgehead atoms. The summed E-state index contributed by atoms with van der Waals surface area (Å²) in [5.41, 5.74) is 0.118. The van der Waals surface area contributed by atoms with Gasteiger partial charge in [-0.15, -0.1) is 0 Å². The Morgan fingerprint density at radius 3 is 2.92 bits per heavy atom. The van der Waals surface area contributed by atoms with Crippen LogP contribution in [0.2, 0.25) is 0 Å². The van der Waals surface area contributed by atoms with Crippen LogP contribution in [0, 0.1) is 17.3 Å². The normalized spacial score (nSPS) is 35.2. The number of rotatable bonds is 3. The van der Waals surface area contributed by atoms with Crippen molar-refractivity contribution >= 4 is 11.9 Å². The summed E-state index contributed by atoms with van der Waals surface area (Å²) in [6.07, 6.45) is 3.38. The van der Waals surface area contributed by atoms with E-state index in [0.29, 0.717) is 31.2 Å². The van der Waals surface area contributed by atoms with Crippen LogP contribution in [0.5, 0.6) is 0 Å². The Bertz CT molecular complexity index is 506. The molecule has 3 aliphatic rings. The van der Waals surface area contributed by atoms with Crippen molar-refractivity contribution in [2.75, 3.05) is 33.4 Å². The Balaban J connectivity index is 1.63. The van der Waals surface area contributed by atoms with Gasteiger partial charge >= 0.3 is 5.97 Å². The summed E-state index contributed by atoms with van der Waals surface area (Å²) < 4.78 is 11.1. The molecule has 3 rings (SSSR count). The first-order valence-corrected chi connectivity index (χ1v) is 9.25. The SMILES string of the molecule is CCOC(=O)C1CCCN(C(=NC)NC2C3CCOC3C2(C)C)C1. The number of carbonyl (C=O) groups excluding carboxylic acids is 1. The van der Waals surface area contributed by atoms with Crippen LogP contribution in [0.15, 0.2) is 4.99 Å². The van der Waals surface area contributed by atoms with E-state index in [2.05, 4.69) is 29.1 Å². The van der Waals surface area contributed by atoms with Crippen molar-refractivity contribution in [3.8, 4) is 0 Å². The maximum Gasteiger partial charge on any atom is 0.310 e. The molecular weight excluding hydrogens is 306 g/mol. The third-order valence-electron chi connectivity index (χ3n) is 5.94. The number of hydrogen-bond donors (Lipinski definition) is 1. The molecule has 6 nitrogen and oxygen atoms in total. The molecule has 1 aliphatic carbocycles. The first kappa shape index (κ1) is 17.5. The van der Waals surface area contributed by atoms with Gasteiger partial charge in [0.25, 0.3) is 0 Å². The highest BCUT2D eigenvalue weighted by molar-refractivity contribution is 5.82. The molecule has 6 heteroatoms. The molecule has 0 amide bonds. The smallest absolute Gasteiger partial charge is 0.310 e. The van der Waals surface area contributed by atoms with Crippen LogP contribution >= 0.6 is 0 Å². The first-order valence-electron chi connectivity index (χ1n) is 9.25. The summed E-state index contributed by atoms with van der Waals surface area (Å²) in [5.74, 6) is 1.36. The largest absolute Gasteiger partial charge is 0.466 e. The van der Waals surface area contributed by atoms with Gasteiger partial charge in [-0.25, -0.2) is 0 Å². The molecule has 3 fully saturated rings. The van der Waals surface area contributed by atoms with Crippen LogP contribution in [-0.4, -0.2) is 62.3 Å². The van der Waals surface area contributed by atoms with Gasteiger partial charge in [-0.3, -0.25) is 9.79 Å². The van der Waals surface area contributed by atoms with Crippen LogP contribution in [0.4, 0.5) is 0 Å². The van der Waals surface area contributed by atoms with E-state index < -0.39 is 0 Å². The molecular formula is C18H31N3O3. The Kier molecular flexibility index (Phi) is 5.04. The molecule has 4 atom stereocenters. The molecule has 2 heterocycles. The van der Waals surface area contributed by atoms with Crippen molar-refractivity contribution in [3.63, 3.8) is 0 Å². The average Bonchev–Trinajstić information content (AvgIpc) is 3.03. The second kappa shape index (κ2) is 6.90. The zero-order chi connectivity index (χ0) is 17.3. The molecule has 1 N–H and O–H groups in total. The molecule has 0 radical (unpaired) electrons. The van der Waals surface area contributed by atoms with Gasteiger partial charge in [-0.05, 0) is 26.2 Å². The number of carbonyl (C=O) groups is 1. The molecule has 0 aromatic carbocycles. The summed E-state index contributed by atoms with van der Waals surface area (Å²) in [5, 5.41) is 3.67.